The third-order valence-electron chi connectivity index (χ3n) is 1.64. The summed E-state index contributed by atoms with van der Waals surface area (Å²) in [4.78, 5) is 24.2. The molecule has 0 spiro atoms. The molecule has 1 aromatic heterocycles. The average molecular weight is 216 g/mol. The molecule has 0 radical (unpaired) electrons. The van der Waals surface area contributed by atoms with Crippen molar-refractivity contribution in [2.24, 2.45) is 0 Å². The van der Waals surface area contributed by atoms with Gasteiger partial charge in [-0.2, -0.15) is 0 Å². The van der Waals surface area contributed by atoms with Crippen LogP contribution in [0, 0.1) is 0 Å². The number of halogens is 1. The van der Waals surface area contributed by atoms with Crippen molar-refractivity contribution >= 4 is 17.3 Å². The topological polar surface area (TPSA) is 80.9 Å². The summed E-state index contributed by atoms with van der Waals surface area (Å²) in [6.45, 7) is 2.07. The Labute approximate surface area is 84.8 Å². The first-order valence-corrected chi connectivity index (χ1v) is 4.33. The molecule has 3 N–H and O–H groups in total. The summed E-state index contributed by atoms with van der Waals surface area (Å²) in [5.74, 6) is 0. The number of nitrogens with one attached hydrogen (secondary N) is 1. The van der Waals surface area contributed by atoms with E-state index in [0.29, 0.717) is 6.54 Å². The van der Waals surface area contributed by atoms with E-state index >= 15 is 0 Å². The van der Waals surface area contributed by atoms with E-state index in [9.17, 15) is 9.59 Å². The zero-order chi connectivity index (χ0) is 10.7. The van der Waals surface area contributed by atoms with Crippen molar-refractivity contribution in [3.63, 3.8) is 0 Å². The predicted octanol–water partition coefficient (Wildman–Crippen LogP) is 0.261. The van der Waals surface area contributed by atoms with Crippen LogP contribution in [0.3, 0.4) is 0 Å². The van der Waals surface area contributed by atoms with Crippen LogP contribution in [0.4, 0.5) is 5.69 Å². The molecule has 0 aliphatic carbocycles. The fourth-order valence-electron chi connectivity index (χ4n) is 0.947. The minimum atomic E-state index is -0.571. The lowest BCUT2D eigenvalue weighted by atomic mass is 10.3. The molecule has 0 saturated heterocycles. The lowest BCUT2D eigenvalue weighted by molar-refractivity contribution is 0.714. The molecule has 1 aromatic rings. The first-order valence-electron chi connectivity index (χ1n) is 3.89. The third-order valence-corrected chi connectivity index (χ3v) is 2.02. The van der Waals surface area contributed by atoms with Gasteiger partial charge in [-0.05, 0) is 12.5 Å². The minimum absolute atomic E-state index is 0.00646. The number of hydrogen-bond acceptors (Lipinski definition) is 3. The molecule has 0 unspecified atom stereocenters. The van der Waals surface area contributed by atoms with Gasteiger partial charge in [0.2, 0.25) is 0 Å². The van der Waals surface area contributed by atoms with E-state index in [1.165, 1.54) is 16.3 Å². The fourth-order valence-corrected chi connectivity index (χ4v) is 1.02. The summed E-state index contributed by atoms with van der Waals surface area (Å²) in [7, 11) is 0. The Hall–Kier alpha value is -1.49. The van der Waals surface area contributed by atoms with Crippen LogP contribution in [-0.2, 0) is 6.54 Å². The van der Waals surface area contributed by atoms with Crippen LogP contribution in [0.2, 0.25) is 0 Å². The fraction of sp³-hybridized carbons (Fsp3) is 0.250. The van der Waals surface area contributed by atoms with Gasteiger partial charge in [0.1, 0.15) is 5.69 Å². The highest BCUT2D eigenvalue weighted by molar-refractivity contribution is 6.25. The number of nitrogen functional groups attached to an aromatic ring is 1. The number of nitrogens with zero attached hydrogens (tertiary/aromatic N) is 1. The number of rotatable bonds is 2. The predicted molar refractivity (Wildman–Crippen MR) is 55.3 cm³/mol. The van der Waals surface area contributed by atoms with E-state index in [1.54, 1.807) is 6.92 Å². The van der Waals surface area contributed by atoms with Gasteiger partial charge in [-0.3, -0.25) is 14.3 Å². The molecular formula is C8H10ClN3O2. The monoisotopic (exact) mass is 215 g/mol. The Morgan fingerprint density at radius 3 is 2.93 bits per heavy atom. The van der Waals surface area contributed by atoms with Gasteiger partial charge in [0.15, 0.2) is 0 Å². The molecule has 0 aromatic carbocycles. The standard InChI is InChI=1S/C8H10ClN3O2/c1-5(2-9)3-12-4-6(10)7(13)11-8(12)14/h2,4H,3,10H2,1H3,(H,11,13,14)/b5-2-. The van der Waals surface area contributed by atoms with Gasteiger partial charge in [0.25, 0.3) is 5.56 Å². The van der Waals surface area contributed by atoms with Crippen molar-refractivity contribution in [1.82, 2.24) is 9.55 Å². The van der Waals surface area contributed by atoms with Gasteiger partial charge in [0, 0.05) is 18.3 Å². The lowest BCUT2D eigenvalue weighted by Crippen LogP contribution is -2.31. The lowest BCUT2D eigenvalue weighted by Gasteiger charge is -2.04. The number of hydrogen-bond donors (Lipinski definition) is 2. The normalized spacial score (nSPS) is 11.7. The Bertz CT molecular complexity index is 472. The first kappa shape index (κ1) is 10.6. The van der Waals surface area contributed by atoms with Gasteiger partial charge in [-0.15, -0.1) is 0 Å². The Balaban J connectivity index is 3.17. The number of anilines is 1. The maximum absolute atomic E-state index is 11.2. The molecule has 0 fully saturated rings. The van der Waals surface area contributed by atoms with E-state index < -0.39 is 11.2 Å². The van der Waals surface area contributed by atoms with Crippen LogP contribution >= 0.6 is 11.6 Å². The van der Waals surface area contributed by atoms with Crippen LogP contribution in [-0.4, -0.2) is 9.55 Å². The number of aromatic amines is 1. The largest absolute Gasteiger partial charge is 0.393 e. The van der Waals surface area contributed by atoms with Crippen molar-refractivity contribution in [1.29, 1.82) is 0 Å². The van der Waals surface area contributed by atoms with E-state index in [2.05, 4.69) is 4.98 Å². The van der Waals surface area contributed by atoms with Crippen molar-refractivity contribution in [3.05, 3.63) is 38.1 Å². The summed E-state index contributed by atoms with van der Waals surface area (Å²) in [6.07, 6.45) is 1.30. The number of H-pyrrole nitrogens is 1. The molecule has 1 heterocycles. The van der Waals surface area contributed by atoms with Gasteiger partial charge in [-0.1, -0.05) is 11.6 Å². The summed E-state index contributed by atoms with van der Waals surface area (Å²) >= 11 is 5.44. The van der Waals surface area contributed by atoms with Crippen LogP contribution in [0.1, 0.15) is 6.92 Å². The third kappa shape index (κ3) is 2.26. The number of allylic oxidation sites excluding steroid dienone is 1. The summed E-state index contributed by atoms with van der Waals surface area (Å²) in [5, 5.41) is 0. The van der Waals surface area contributed by atoms with Gasteiger partial charge < -0.3 is 5.73 Å². The van der Waals surface area contributed by atoms with Crippen LogP contribution in [0.15, 0.2) is 26.9 Å². The van der Waals surface area contributed by atoms with Crippen molar-refractivity contribution in [3.8, 4) is 0 Å². The molecule has 0 aliphatic rings. The molecule has 5 nitrogen and oxygen atoms in total. The second kappa shape index (κ2) is 4.15. The molecule has 1 rings (SSSR count). The molecule has 0 aliphatic heterocycles. The second-order valence-corrected chi connectivity index (χ2v) is 3.15. The molecule has 76 valence electrons. The maximum atomic E-state index is 11.2. The highest BCUT2D eigenvalue weighted by Gasteiger charge is 2.01. The summed E-state index contributed by atoms with van der Waals surface area (Å²) < 4.78 is 1.28. The van der Waals surface area contributed by atoms with Crippen LogP contribution in [0.25, 0.3) is 0 Å². The SMILES string of the molecule is C/C(=C/Cl)Cn1cc(N)c(=O)[nH]c1=O. The Morgan fingerprint density at radius 2 is 2.36 bits per heavy atom. The average Bonchev–Trinajstić information content (AvgIpc) is 2.14. The quantitative estimate of drug-likeness (QED) is 0.743. The van der Waals surface area contributed by atoms with Crippen molar-refractivity contribution in [2.45, 2.75) is 13.5 Å². The van der Waals surface area contributed by atoms with E-state index in [-0.39, 0.29) is 5.69 Å². The van der Waals surface area contributed by atoms with E-state index in [0.717, 1.165) is 5.57 Å². The van der Waals surface area contributed by atoms with E-state index in [4.69, 9.17) is 17.3 Å². The minimum Gasteiger partial charge on any atom is -0.393 e. The zero-order valence-corrected chi connectivity index (χ0v) is 8.34. The molecular weight excluding hydrogens is 206 g/mol. The Kier molecular flexibility index (Phi) is 3.14. The van der Waals surface area contributed by atoms with Gasteiger partial charge in [-0.25, -0.2) is 4.79 Å². The summed E-state index contributed by atoms with van der Waals surface area (Å²) in [5.41, 5.74) is 6.45. The summed E-state index contributed by atoms with van der Waals surface area (Å²) in [6, 6.07) is 0. The first-order chi connectivity index (χ1) is 6.54. The molecule has 0 saturated carbocycles. The van der Waals surface area contributed by atoms with E-state index in [1.807, 2.05) is 0 Å². The van der Waals surface area contributed by atoms with Crippen LogP contribution < -0.4 is 17.0 Å². The number of nitrogens with two attached hydrogens (primary N) is 1. The van der Waals surface area contributed by atoms with Crippen molar-refractivity contribution in [2.75, 3.05) is 5.73 Å². The molecule has 0 bridgehead atoms. The molecule has 0 amide bonds. The molecule has 6 heteroatoms. The maximum Gasteiger partial charge on any atom is 0.328 e. The second-order valence-electron chi connectivity index (χ2n) is 2.93. The van der Waals surface area contributed by atoms with Crippen molar-refractivity contribution < 1.29 is 0 Å². The zero-order valence-electron chi connectivity index (χ0n) is 7.58. The highest BCUT2D eigenvalue weighted by atomic mass is 35.5. The van der Waals surface area contributed by atoms with Crippen LogP contribution in [0.5, 0.6) is 0 Å². The smallest absolute Gasteiger partial charge is 0.328 e. The highest BCUT2D eigenvalue weighted by Crippen LogP contribution is 1.98. The van der Waals surface area contributed by atoms with Gasteiger partial charge >= 0.3 is 5.69 Å². The number of aromatic nitrogens is 2. The Morgan fingerprint density at radius 1 is 1.71 bits per heavy atom. The molecule has 14 heavy (non-hydrogen) atoms. The van der Waals surface area contributed by atoms with Gasteiger partial charge in [0.05, 0.1) is 0 Å². The molecule has 0 atom stereocenters.